The summed E-state index contributed by atoms with van der Waals surface area (Å²) in [6.45, 7) is 5.21. The molecule has 4 atom stereocenters. The molecule has 17 heavy (non-hydrogen) atoms. The van der Waals surface area contributed by atoms with Gasteiger partial charge in [0.05, 0.1) is 5.60 Å². The van der Waals surface area contributed by atoms with Gasteiger partial charge in [-0.1, -0.05) is 39.5 Å². The molecule has 0 heterocycles. The Morgan fingerprint density at radius 2 is 1.94 bits per heavy atom. The zero-order valence-corrected chi connectivity index (χ0v) is 11.5. The van der Waals surface area contributed by atoms with Gasteiger partial charge in [-0.25, -0.2) is 0 Å². The van der Waals surface area contributed by atoms with Gasteiger partial charge in [-0.05, 0) is 37.5 Å². The number of hydrogen-bond donors (Lipinski definition) is 2. The SMILES string of the molecule is CCC1CCCC1(O)C1(CN)CCCC(C)C1. The molecule has 0 aliphatic heterocycles. The van der Waals surface area contributed by atoms with Gasteiger partial charge in [-0.3, -0.25) is 0 Å². The van der Waals surface area contributed by atoms with E-state index in [9.17, 15) is 5.11 Å². The number of hydrogen-bond acceptors (Lipinski definition) is 2. The average Bonchev–Trinajstić information content (AvgIpc) is 2.72. The van der Waals surface area contributed by atoms with Crippen molar-refractivity contribution in [2.75, 3.05) is 6.54 Å². The van der Waals surface area contributed by atoms with Crippen molar-refractivity contribution < 1.29 is 5.11 Å². The van der Waals surface area contributed by atoms with Gasteiger partial charge in [-0.15, -0.1) is 0 Å². The fraction of sp³-hybridized carbons (Fsp3) is 1.00. The molecule has 100 valence electrons. The summed E-state index contributed by atoms with van der Waals surface area (Å²) in [7, 11) is 0. The fourth-order valence-electron chi connectivity index (χ4n) is 4.72. The van der Waals surface area contributed by atoms with E-state index in [0.717, 1.165) is 31.6 Å². The highest BCUT2D eigenvalue weighted by Gasteiger charge is 2.55. The molecule has 4 unspecified atom stereocenters. The second-order valence-electron chi connectivity index (χ2n) is 6.61. The highest BCUT2D eigenvalue weighted by atomic mass is 16.3. The van der Waals surface area contributed by atoms with E-state index in [1.807, 2.05) is 0 Å². The first kappa shape index (κ1) is 13.4. The molecule has 0 aromatic carbocycles. The van der Waals surface area contributed by atoms with E-state index < -0.39 is 5.60 Å². The Balaban J connectivity index is 2.26. The van der Waals surface area contributed by atoms with Crippen molar-refractivity contribution in [3.8, 4) is 0 Å². The Labute approximate surface area is 106 Å². The summed E-state index contributed by atoms with van der Waals surface area (Å²) >= 11 is 0. The molecule has 2 nitrogen and oxygen atoms in total. The van der Waals surface area contributed by atoms with Gasteiger partial charge in [0, 0.05) is 12.0 Å². The van der Waals surface area contributed by atoms with Crippen LogP contribution in [0.25, 0.3) is 0 Å². The van der Waals surface area contributed by atoms with Crippen molar-refractivity contribution in [3.63, 3.8) is 0 Å². The van der Waals surface area contributed by atoms with Gasteiger partial charge < -0.3 is 10.8 Å². The smallest absolute Gasteiger partial charge is 0.0743 e. The van der Waals surface area contributed by atoms with Crippen molar-refractivity contribution >= 4 is 0 Å². The third kappa shape index (κ3) is 2.04. The van der Waals surface area contributed by atoms with E-state index >= 15 is 0 Å². The lowest BCUT2D eigenvalue weighted by Crippen LogP contribution is -2.56. The zero-order chi connectivity index (χ0) is 12.5. The van der Waals surface area contributed by atoms with Gasteiger partial charge >= 0.3 is 0 Å². The monoisotopic (exact) mass is 239 g/mol. The Hall–Kier alpha value is -0.0800. The Bertz CT molecular complexity index is 268. The summed E-state index contributed by atoms with van der Waals surface area (Å²) in [5.41, 5.74) is 5.67. The topological polar surface area (TPSA) is 46.2 Å². The molecule has 2 saturated carbocycles. The molecule has 2 aliphatic carbocycles. The third-order valence-electron chi connectivity index (χ3n) is 5.68. The third-order valence-corrected chi connectivity index (χ3v) is 5.68. The molecule has 2 rings (SSSR count). The maximum absolute atomic E-state index is 11.3. The standard InChI is InChI=1S/C15H29NO/c1-3-13-7-5-9-15(13,17)14(11-16)8-4-6-12(2)10-14/h12-13,17H,3-11,16H2,1-2H3. The molecule has 0 aromatic heterocycles. The molecule has 2 aliphatic rings. The maximum Gasteiger partial charge on any atom is 0.0743 e. The van der Waals surface area contributed by atoms with Gasteiger partial charge in [0.2, 0.25) is 0 Å². The van der Waals surface area contributed by atoms with E-state index in [2.05, 4.69) is 13.8 Å². The number of aliphatic hydroxyl groups is 1. The highest BCUT2D eigenvalue weighted by molar-refractivity contribution is 5.07. The van der Waals surface area contributed by atoms with Gasteiger partial charge in [0.15, 0.2) is 0 Å². The summed E-state index contributed by atoms with van der Waals surface area (Å²) in [6.07, 6.45) is 9.30. The second-order valence-corrected chi connectivity index (χ2v) is 6.61. The fourth-order valence-corrected chi connectivity index (χ4v) is 4.72. The largest absolute Gasteiger partial charge is 0.389 e. The summed E-state index contributed by atoms with van der Waals surface area (Å²) in [5, 5.41) is 11.3. The first-order valence-electron chi connectivity index (χ1n) is 7.50. The van der Waals surface area contributed by atoms with Crippen LogP contribution in [0.15, 0.2) is 0 Å². The molecule has 2 fully saturated rings. The average molecular weight is 239 g/mol. The van der Waals surface area contributed by atoms with Gasteiger partial charge in [0.25, 0.3) is 0 Å². The van der Waals surface area contributed by atoms with E-state index in [4.69, 9.17) is 5.73 Å². The minimum absolute atomic E-state index is 0.0157. The first-order chi connectivity index (χ1) is 8.08. The van der Waals surface area contributed by atoms with Crippen LogP contribution in [0.5, 0.6) is 0 Å². The minimum atomic E-state index is -0.467. The predicted molar refractivity (Wildman–Crippen MR) is 71.7 cm³/mol. The van der Waals surface area contributed by atoms with Crippen molar-refractivity contribution in [1.82, 2.24) is 0 Å². The van der Waals surface area contributed by atoms with Crippen LogP contribution in [0, 0.1) is 17.3 Å². The summed E-state index contributed by atoms with van der Waals surface area (Å²) in [5.74, 6) is 1.21. The van der Waals surface area contributed by atoms with E-state index in [1.54, 1.807) is 0 Å². The van der Waals surface area contributed by atoms with E-state index in [-0.39, 0.29) is 5.41 Å². The number of nitrogens with two attached hydrogens (primary N) is 1. The summed E-state index contributed by atoms with van der Waals surface area (Å²) in [6, 6.07) is 0. The molecular weight excluding hydrogens is 210 g/mol. The van der Waals surface area contributed by atoms with Gasteiger partial charge in [0.1, 0.15) is 0 Å². The first-order valence-corrected chi connectivity index (χ1v) is 7.50. The highest BCUT2D eigenvalue weighted by Crippen LogP contribution is 2.55. The molecule has 2 heteroatoms. The molecular formula is C15H29NO. The van der Waals surface area contributed by atoms with E-state index in [1.165, 1.54) is 25.7 Å². The second kappa shape index (κ2) is 4.89. The Morgan fingerprint density at radius 3 is 2.53 bits per heavy atom. The Kier molecular flexibility index (Phi) is 3.84. The van der Waals surface area contributed by atoms with Crippen molar-refractivity contribution in [2.45, 2.75) is 70.8 Å². The lowest BCUT2D eigenvalue weighted by atomic mass is 9.57. The van der Waals surface area contributed by atoms with Crippen LogP contribution in [-0.2, 0) is 0 Å². The maximum atomic E-state index is 11.3. The summed E-state index contributed by atoms with van der Waals surface area (Å²) in [4.78, 5) is 0. The summed E-state index contributed by atoms with van der Waals surface area (Å²) < 4.78 is 0. The van der Waals surface area contributed by atoms with Crippen molar-refractivity contribution in [1.29, 1.82) is 0 Å². The quantitative estimate of drug-likeness (QED) is 0.795. The van der Waals surface area contributed by atoms with Crippen LogP contribution in [0.2, 0.25) is 0 Å². The molecule has 0 radical (unpaired) electrons. The lowest BCUT2D eigenvalue weighted by Gasteiger charge is -2.52. The molecule has 0 spiro atoms. The van der Waals surface area contributed by atoms with Crippen LogP contribution < -0.4 is 5.73 Å². The molecule has 0 amide bonds. The Morgan fingerprint density at radius 1 is 1.24 bits per heavy atom. The zero-order valence-electron chi connectivity index (χ0n) is 11.5. The molecule has 0 saturated heterocycles. The van der Waals surface area contributed by atoms with E-state index in [0.29, 0.717) is 12.5 Å². The number of rotatable bonds is 3. The minimum Gasteiger partial charge on any atom is -0.389 e. The van der Waals surface area contributed by atoms with Crippen LogP contribution in [0.3, 0.4) is 0 Å². The van der Waals surface area contributed by atoms with Crippen LogP contribution in [0.1, 0.15) is 65.2 Å². The normalized spacial score (nSPS) is 47.3. The van der Waals surface area contributed by atoms with Crippen LogP contribution in [-0.4, -0.2) is 17.3 Å². The van der Waals surface area contributed by atoms with Crippen LogP contribution in [0.4, 0.5) is 0 Å². The lowest BCUT2D eigenvalue weighted by molar-refractivity contribution is -0.132. The molecule has 0 aromatic rings. The van der Waals surface area contributed by atoms with Crippen molar-refractivity contribution in [3.05, 3.63) is 0 Å². The van der Waals surface area contributed by atoms with Crippen molar-refractivity contribution in [2.24, 2.45) is 23.0 Å². The van der Waals surface area contributed by atoms with Gasteiger partial charge in [-0.2, -0.15) is 0 Å². The molecule has 0 bridgehead atoms. The molecule has 3 N–H and O–H groups in total. The van der Waals surface area contributed by atoms with Crippen LogP contribution >= 0.6 is 0 Å². The predicted octanol–water partition coefficient (Wildman–Crippen LogP) is 3.08.